The summed E-state index contributed by atoms with van der Waals surface area (Å²) in [6.07, 6.45) is 13.1. The maximum atomic E-state index is 13.4. The third kappa shape index (κ3) is 7.75. The molecule has 2 saturated carbocycles. The van der Waals surface area contributed by atoms with Crippen LogP contribution in [0, 0.1) is 5.92 Å². The molecule has 1 aromatic carbocycles. The van der Waals surface area contributed by atoms with Gasteiger partial charge in [-0.3, -0.25) is 29.7 Å². The monoisotopic (exact) mass is 822 g/mol. The van der Waals surface area contributed by atoms with Crippen LogP contribution in [0.25, 0.3) is 22.3 Å². The van der Waals surface area contributed by atoms with Crippen molar-refractivity contribution >= 4 is 40.1 Å². The minimum absolute atomic E-state index is 0. The fourth-order valence-corrected chi connectivity index (χ4v) is 9.89. The number of benzene rings is 1. The normalized spacial score (nSPS) is 24.8. The molecule has 320 valence electrons. The number of ether oxygens (including phenoxy) is 3. The van der Waals surface area contributed by atoms with E-state index in [0.717, 1.165) is 124 Å². The number of pyridine rings is 1. The molecule has 1 atom stereocenters. The third-order valence-corrected chi connectivity index (χ3v) is 13.6. The number of H-pyrrole nitrogens is 1. The van der Waals surface area contributed by atoms with Gasteiger partial charge in [0.1, 0.15) is 35.2 Å². The van der Waals surface area contributed by atoms with Gasteiger partial charge in [0.25, 0.3) is 5.91 Å². The molecule has 1 unspecified atom stereocenters. The molecular formula is C44H58N10O6. The Kier molecular flexibility index (Phi) is 10.3. The Hall–Kier alpha value is -5.35. The summed E-state index contributed by atoms with van der Waals surface area (Å²) in [6, 6.07) is 7.19. The van der Waals surface area contributed by atoms with Crippen molar-refractivity contribution in [3.8, 4) is 23.0 Å². The van der Waals surface area contributed by atoms with Crippen LogP contribution in [-0.2, 0) is 20.9 Å². The number of hydrogen-bond acceptors (Lipinski definition) is 13. The number of carbonyl (C=O) groups excluding carboxylic acids is 3. The molecule has 6 aliphatic rings. The van der Waals surface area contributed by atoms with Gasteiger partial charge in [-0.15, -0.1) is 0 Å². The fourth-order valence-electron chi connectivity index (χ4n) is 9.89. The van der Waals surface area contributed by atoms with Crippen LogP contribution in [0.4, 0.5) is 11.5 Å². The highest BCUT2D eigenvalue weighted by atomic mass is 16.5. The first-order chi connectivity index (χ1) is 29.2. The van der Waals surface area contributed by atoms with E-state index in [4.69, 9.17) is 14.2 Å². The molecule has 3 aromatic heterocycles. The molecule has 2 aliphatic carbocycles. The number of imide groups is 1. The number of piperidine rings is 2. The van der Waals surface area contributed by atoms with Gasteiger partial charge in [0.2, 0.25) is 17.7 Å². The first-order valence-electron chi connectivity index (χ1n) is 21.8. The Morgan fingerprint density at radius 2 is 1.67 bits per heavy atom. The summed E-state index contributed by atoms with van der Waals surface area (Å²) in [5.74, 6) is 2.04. The molecular weight excluding hydrogens is 765 g/mol. The lowest BCUT2D eigenvalue weighted by molar-refractivity contribution is -0.136. The topological polar surface area (TPSA) is 171 Å². The standard InChI is InChI=1S/C44H54N10O6.2H2/c1-44(13-14-44)60-39-21-31-34(23-45-39)49-50-40(31)33-22-37(47-26-46-33)53-19-17-51(18-20-53)24-27-3-5-28(6-4-27)59-29-11-15-52(16-12-29)35-8-7-30-32(41(35)58-2)25-54(43(30)57)36-9-10-38(55)48-42(36)56;;/h7-8,21-23,26-29,36H,3-6,9-20,24-25H2,1-2H3,(H,49,50)(H,48,55,56);2*1H. The smallest absolute Gasteiger partial charge is 0.255 e. The van der Waals surface area contributed by atoms with Gasteiger partial charge in [-0.05, 0) is 82.8 Å². The molecule has 4 aliphatic heterocycles. The van der Waals surface area contributed by atoms with Crippen molar-refractivity contribution in [3.63, 3.8) is 0 Å². The third-order valence-electron chi connectivity index (χ3n) is 13.6. The molecule has 0 radical (unpaired) electrons. The zero-order valence-corrected chi connectivity index (χ0v) is 34.5. The van der Waals surface area contributed by atoms with Crippen LogP contribution >= 0.6 is 0 Å². The Morgan fingerprint density at radius 3 is 2.42 bits per heavy atom. The van der Waals surface area contributed by atoms with E-state index in [1.54, 1.807) is 24.5 Å². The SMILES string of the molecule is COc1c(N2CCC(OC3CCC(CN4CCN(c5cc(-c6n[nH]c7cnc(OC8(C)CC8)cc67)ncn5)CC4)CC3)CC2)ccc2c1CN(C1CCC(=O)NC1=O)C2=O.[HH].[HH]. The molecule has 3 saturated heterocycles. The number of aromatic amines is 1. The van der Waals surface area contributed by atoms with E-state index in [9.17, 15) is 14.4 Å². The van der Waals surface area contributed by atoms with Crippen molar-refractivity contribution in [2.45, 2.75) is 102 Å². The minimum Gasteiger partial charge on any atom is -0.494 e. The summed E-state index contributed by atoms with van der Waals surface area (Å²) in [6.45, 7) is 9.08. The number of hydrogen-bond donors (Lipinski definition) is 2. The second-order valence-corrected chi connectivity index (χ2v) is 17.8. The van der Waals surface area contributed by atoms with Gasteiger partial charge in [-0.25, -0.2) is 15.0 Å². The average Bonchev–Trinajstić information content (AvgIpc) is 3.68. The predicted octanol–water partition coefficient (Wildman–Crippen LogP) is 4.97. The quantitative estimate of drug-likeness (QED) is 0.195. The largest absolute Gasteiger partial charge is 0.494 e. The number of piperazine rings is 1. The summed E-state index contributed by atoms with van der Waals surface area (Å²) in [5.41, 5.74) is 4.66. The lowest BCUT2D eigenvalue weighted by Gasteiger charge is -2.40. The van der Waals surface area contributed by atoms with Crippen LogP contribution in [-0.4, -0.2) is 129 Å². The highest BCUT2D eigenvalue weighted by Gasteiger charge is 2.42. The number of methoxy groups -OCH3 is 1. The molecule has 2 N–H and O–H groups in total. The fraction of sp³-hybridized carbons (Fsp3) is 0.568. The molecule has 7 heterocycles. The first kappa shape index (κ1) is 38.8. The van der Waals surface area contributed by atoms with Crippen molar-refractivity contribution in [3.05, 3.63) is 47.9 Å². The predicted molar refractivity (Wildman–Crippen MR) is 227 cm³/mol. The lowest BCUT2D eigenvalue weighted by Crippen LogP contribution is -2.52. The number of carbonyl (C=O) groups is 3. The number of amides is 3. The van der Waals surface area contributed by atoms with Crippen molar-refractivity contribution in [2.24, 2.45) is 5.92 Å². The van der Waals surface area contributed by atoms with Gasteiger partial charge in [0, 0.05) is 83.7 Å². The van der Waals surface area contributed by atoms with E-state index in [1.165, 1.54) is 12.8 Å². The first-order valence-corrected chi connectivity index (χ1v) is 21.8. The van der Waals surface area contributed by atoms with Crippen molar-refractivity contribution in [1.29, 1.82) is 0 Å². The summed E-state index contributed by atoms with van der Waals surface area (Å²) < 4.78 is 18.8. The molecule has 10 rings (SSSR count). The highest BCUT2D eigenvalue weighted by Crippen LogP contribution is 2.42. The zero-order valence-electron chi connectivity index (χ0n) is 34.5. The van der Waals surface area contributed by atoms with Crippen LogP contribution in [0.5, 0.6) is 11.6 Å². The van der Waals surface area contributed by atoms with E-state index in [-0.39, 0.29) is 32.8 Å². The van der Waals surface area contributed by atoms with Crippen LogP contribution in [0.1, 0.15) is 89.9 Å². The van der Waals surface area contributed by atoms with Crippen LogP contribution < -0.4 is 24.6 Å². The van der Waals surface area contributed by atoms with Gasteiger partial charge in [-0.2, -0.15) is 5.10 Å². The average molecular weight is 823 g/mol. The highest BCUT2D eigenvalue weighted by molar-refractivity contribution is 6.06. The Balaban J connectivity index is 0.00000264. The van der Waals surface area contributed by atoms with E-state index >= 15 is 0 Å². The number of rotatable bonds is 11. The van der Waals surface area contributed by atoms with E-state index in [0.29, 0.717) is 42.2 Å². The Labute approximate surface area is 352 Å². The zero-order chi connectivity index (χ0) is 41.0. The molecule has 0 spiro atoms. The maximum absolute atomic E-state index is 13.4. The molecule has 16 nitrogen and oxygen atoms in total. The molecule has 60 heavy (non-hydrogen) atoms. The van der Waals surface area contributed by atoms with E-state index in [1.807, 2.05) is 24.3 Å². The number of nitrogens with one attached hydrogen (secondary N) is 2. The number of fused-ring (bicyclic) bond motifs is 2. The lowest BCUT2D eigenvalue weighted by atomic mass is 9.86. The summed E-state index contributed by atoms with van der Waals surface area (Å²) >= 11 is 0. The number of nitrogens with zero attached hydrogens (tertiary/aromatic N) is 8. The van der Waals surface area contributed by atoms with Crippen molar-refractivity contribution < 1.29 is 31.4 Å². The van der Waals surface area contributed by atoms with Crippen molar-refractivity contribution in [1.82, 2.24) is 40.3 Å². The Morgan fingerprint density at radius 1 is 0.883 bits per heavy atom. The minimum atomic E-state index is -0.652. The van der Waals surface area contributed by atoms with E-state index < -0.39 is 11.9 Å². The molecule has 5 fully saturated rings. The molecule has 3 amide bonds. The van der Waals surface area contributed by atoms with Gasteiger partial charge < -0.3 is 28.9 Å². The van der Waals surface area contributed by atoms with Crippen molar-refractivity contribution in [2.75, 3.05) is 62.7 Å². The maximum Gasteiger partial charge on any atom is 0.255 e. The van der Waals surface area contributed by atoms with Crippen LogP contribution in [0.15, 0.2) is 36.8 Å². The number of anilines is 2. The summed E-state index contributed by atoms with van der Waals surface area (Å²) in [5, 5.41) is 11.0. The molecule has 0 bridgehead atoms. The van der Waals surface area contributed by atoms with Gasteiger partial charge in [0.05, 0.1) is 49.0 Å². The number of aromatic nitrogens is 5. The summed E-state index contributed by atoms with van der Waals surface area (Å²) in [7, 11) is 1.64. The summed E-state index contributed by atoms with van der Waals surface area (Å²) in [4.78, 5) is 60.2. The Bertz CT molecular complexity index is 2280. The molecule has 4 aromatic rings. The van der Waals surface area contributed by atoms with E-state index in [2.05, 4.69) is 52.1 Å². The van der Waals surface area contributed by atoms with Gasteiger partial charge >= 0.3 is 0 Å². The van der Waals surface area contributed by atoms with Gasteiger partial charge in [0.15, 0.2) is 0 Å². The van der Waals surface area contributed by atoms with Crippen LogP contribution in [0.3, 0.4) is 0 Å². The van der Waals surface area contributed by atoms with Gasteiger partial charge in [-0.1, -0.05) is 0 Å². The second-order valence-electron chi connectivity index (χ2n) is 17.8. The molecule has 16 heteroatoms. The second kappa shape index (κ2) is 15.9. The van der Waals surface area contributed by atoms with Crippen LogP contribution in [0.2, 0.25) is 0 Å².